The van der Waals surface area contributed by atoms with Gasteiger partial charge >= 0.3 is 0 Å². The number of likely N-dealkylation sites (N-methyl/N-ethyl adjacent to an activating group) is 1. The SMILES string of the molecule is COc1ccc(NC(=O)C2c3ccccc3C(=O)N(C)C2c2cccs2)cc1OC. The van der Waals surface area contributed by atoms with Crippen molar-refractivity contribution in [2.24, 2.45) is 0 Å². The lowest BCUT2D eigenvalue weighted by Crippen LogP contribution is -2.43. The van der Waals surface area contributed by atoms with E-state index in [2.05, 4.69) is 5.32 Å². The Morgan fingerprint density at radius 1 is 1.03 bits per heavy atom. The largest absolute Gasteiger partial charge is 0.493 e. The molecule has 1 N–H and O–H groups in total. The molecule has 0 saturated carbocycles. The summed E-state index contributed by atoms with van der Waals surface area (Å²) < 4.78 is 10.6. The average Bonchev–Trinajstić information content (AvgIpc) is 3.30. The van der Waals surface area contributed by atoms with Crippen LogP contribution in [0.4, 0.5) is 5.69 Å². The number of hydrogen-bond acceptors (Lipinski definition) is 5. The second-order valence-electron chi connectivity index (χ2n) is 7.00. The van der Waals surface area contributed by atoms with Crippen molar-refractivity contribution >= 4 is 28.8 Å². The number of nitrogens with one attached hydrogen (secondary N) is 1. The van der Waals surface area contributed by atoms with E-state index in [1.165, 1.54) is 11.3 Å². The highest BCUT2D eigenvalue weighted by molar-refractivity contribution is 7.10. The van der Waals surface area contributed by atoms with Gasteiger partial charge in [-0.1, -0.05) is 24.3 Å². The molecular formula is C23H22N2O4S. The summed E-state index contributed by atoms with van der Waals surface area (Å²) in [6, 6.07) is 16.1. The second-order valence-corrected chi connectivity index (χ2v) is 7.98. The first-order valence-electron chi connectivity index (χ1n) is 9.47. The van der Waals surface area contributed by atoms with Gasteiger partial charge in [0.25, 0.3) is 5.91 Å². The van der Waals surface area contributed by atoms with Crippen molar-refractivity contribution in [2.75, 3.05) is 26.6 Å². The van der Waals surface area contributed by atoms with Crippen molar-refractivity contribution in [3.05, 3.63) is 76.0 Å². The van der Waals surface area contributed by atoms with E-state index in [0.29, 0.717) is 22.7 Å². The molecule has 1 aliphatic rings. The maximum Gasteiger partial charge on any atom is 0.254 e. The van der Waals surface area contributed by atoms with E-state index in [4.69, 9.17) is 9.47 Å². The lowest BCUT2D eigenvalue weighted by molar-refractivity contribution is -0.119. The number of methoxy groups -OCH3 is 2. The molecule has 30 heavy (non-hydrogen) atoms. The molecule has 4 rings (SSSR count). The highest BCUT2D eigenvalue weighted by atomic mass is 32.1. The van der Waals surface area contributed by atoms with E-state index in [-0.39, 0.29) is 17.9 Å². The van der Waals surface area contributed by atoms with Crippen LogP contribution in [0.5, 0.6) is 11.5 Å². The lowest BCUT2D eigenvalue weighted by Gasteiger charge is -2.39. The van der Waals surface area contributed by atoms with Crippen LogP contribution in [0.3, 0.4) is 0 Å². The third kappa shape index (κ3) is 3.41. The third-order valence-corrected chi connectivity index (χ3v) is 6.29. The molecule has 0 radical (unpaired) electrons. The summed E-state index contributed by atoms with van der Waals surface area (Å²) in [5.41, 5.74) is 1.89. The molecule has 2 aromatic carbocycles. The molecule has 0 saturated heterocycles. The van der Waals surface area contributed by atoms with Gasteiger partial charge in [-0.25, -0.2) is 0 Å². The zero-order valence-electron chi connectivity index (χ0n) is 16.9. The number of rotatable bonds is 5. The first kappa shape index (κ1) is 20.0. The van der Waals surface area contributed by atoms with E-state index >= 15 is 0 Å². The van der Waals surface area contributed by atoms with Gasteiger partial charge in [-0.2, -0.15) is 0 Å². The maximum absolute atomic E-state index is 13.5. The van der Waals surface area contributed by atoms with Gasteiger partial charge < -0.3 is 19.7 Å². The highest BCUT2D eigenvalue weighted by Crippen LogP contribution is 2.44. The normalized spacial score (nSPS) is 18.0. The molecule has 2 amide bonds. The number of carbonyl (C=O) groups is 2. The van der Waals surface area contributed by atoms with E-state index in [9.17, 15) is 9.59 Å². The Kier molecular flexibility index (Phi) is 5.46. The van der Waals surface area contributed by atoms with Crippen LogP contribution in [-0.2, 0) is 4.79 Å². The van der Waals surface area contributed by atoms with Gasteiger partial charge in [-0.15, -0.1) is 11.3 Å². The van der Waals surface area contributed by atoms with Gasteiger partial charge in [0.15, 0.2) is 11.5 Å². The minimum absolute atomic E-state index is 0.0841. The van der Waals surface area contributed by atoms with Crippen LogP contribution in [0.1, 0.15) is 32.8 Å². The molecule has 3 aromatic rings. The molecule has 2 atom stereocenters. The van der Waals surface area contributed by atoms with Crippen LogP contribution in [0.2, 0.25) is 0 Å². The topological polar surface area (TPSA) is 67.9 Å². The first-order chi connectivity index (χ1) is 14.5. The van der Waals surface area contributed by atoms with Crippen LogP contribution in [-0.4, -0.2) is 38.0 Å². The Morgan fingerprint density at radius 2 is 1.80 bits per heavy atom. The Labute approximate surface area is 179 Å². The van der Waals surface area contributed by atoms with Crippen LogP contribution >= 0.6 is 11.3 Å². The van der Waals surface area contributed by atoms with Crippen molar-refractivity contribution in [1.29, 1.82) is 0 Å². The molecule has 0 spiro atoms. The van der Waals surface area contributed by atoms with Crippen molar-refractivity contribution in [2.45, 2.75) is 12.0 Å². The molecule has 2 heterocycles. The number of anilines is 1. The van der Waals surface area contributed by atoms with Gasteiger partial charge in [-0.3, -0.25) is 9.59 Å². The standard InChI is InChI=1S/C23H22N2O4S/c1-25-21(19-9-6-12-30-19)20(15-7-4-5-8-16(15)23(25)27)22(26)24-14-10-11-17(28-2)18(13-14)29-3/h4-13,20-21H,1-3H3,(H,24,26). The fourth-order valence-electron chi connectivity index (χ4n) is 3.91. The number of thiophene rings is 1. The number of nitrogens with zero attached hydrogens (tertiary/aromatic N) is 1. The summed E-state index contributed by atoms with van der Waals surface area (Å²) in [6.07, 6.45) is 0. The van der Waals surface area contributed by atoms with Gasteiger partial charge in [-0.05, 0) is 35.2 Å². The minimum atomic E-state index is -0.546. The number of fused-ring (bicyclic) bond motifs is 1. The number of hydrogen-bond donors (Lipinski definition) is 1. The van der Waals surface area contributed by atoms with E-state index in [1.54, 1.807) is 50.4 Å². The van der Waals surface area contributed by atoms with Crippen molar-refractivity contribution in [3.63, 3.8) is 0 Å². The Hall–Kier alpha value is -3.32. The lowest BCUT2D eigenvalue weighted by atomic mass is 9.81. The van der Waals surface area contributed by atoms with Crippen molar-refractivity contribution < 1.29 is 19.1 Å². The van der Waals surface area contributed by atoms with Gasteiger partial charge in [0.1, 0.15) is 0 Å². The number of ether oxygens (including phenoxy) is 2. The Morgan fingerprint density at radius 3 is 2.50 bits per heavy atom. The summed E-state index contributed by atoms with van der Waals surface area (Å²) in [7, 11) is 4.86. The third-order valence-electron chi connectivity index (χ3n) is 5.35. The summed E-state index contributed by atoms with van der Waals surface area (Å²) >= 11 is 1.54. The van der Waals surface area contributed by atoms with Crippen LogP contribution in [0.25, 0.3) is 0 Å². The molecule has 1 aromatic heterocycles. The van der Waals surface area contributed by atoms with Crippen molar-refractivity contribution in [1.82, 2.24) is 4.90 Å². The zero-order valence-corrected chi connectivity index (χ0v) is 17.7. The number of benzene rings is 2. The van der Waals surface area contributed by atoms with Gasteiger partial charge in [0.05, 0.1) is 26.2 Å². The molecule has 0 bridgehead atoms. The molecule has 2 unspecified atom stereocenters. The highest BCUT2D eigenvalue weighted by Gasteiger charge is 2.43. The predicted molar refractivity (Wildman–Crippen MR) is 117 cm³/mol. The van der Waals surface area contributed by atoms with Crippen molar-refractivity contribution in [3.8, 4) is 11.5 Å². The zero-order chi connectivity index (χ0) is 21.3. The van der Waals surface area contributed by atoms with Crippen LogP contribution in [0.15, 0.2) is 60.0 Å². The quantitative estimate of drug-likeness (QED) is 0.665. The van der Waals surface area contributed by atoms with Crippen LogP contribution in [0, 0.1) is 0 Å². The van der Waals surface area contributed by atoms with E-state index in [0.717, 1.165) is 10.4 Å². The molecule has 7 heteroatoms. The summed E-state index contributed by atoms with van der Waals surface area (Å²) in [5.74, 6) is 0.295. The average molecular weight is 423 g/mol. The molecule has 0 aliphatic carbocycles. The maximum atomic E-state index is 13.5. The smallest absolute Gasteiger partial charge is 0.254 e. The Balaban J connectivity index is 1.75. The molecule has 1 aliphatic heterocycles. The monoisotopic (exact) mass is 422 g/mol. The fraction of sp³-hybridized carbons (Fsp3) is 0.217. The molecule has 154 valence electrons. The van der Waals surface area contributed by atoms with Crippen LogP contribution < -0.4 is 14.8 Å². The van der Waals surface area contributed by atoms with Gasteiger partial charge in [0.2, 0.25) is 5.91 Å². The number of carbonyl (C=O) groups excluding carboxylic acids is 2. The summed E-state index contributed by atoms with van der Waals surface area (Å²) in [5, 5.41) is 4.95. The molecular weight excluding hydrogens is 400 g/mol. The van der Waals surface area contributed by atoms with Gasteiger partial charge in [0, 0.05) is 29.2 Å². The van der Waals surface area contributed by atoms with E-state index in [1.807, 2.05) is 35.7 Å². The van der Waals surface area contributed by atoms with E-state index < -0.39 is 5.92 Å². The fourth-order valence-corrected chi connectivity index (χ4v) is 4.81. The number of amides is 2. The Bertz CT molecular complexity index is 1080. The molecule has 6 nitrogen and oxygen atoms in total. The summed E-state index contributed by atoms with van der Waals surface area (Å²) in [4.78, 5) is 29.1. The molecule has 0 fully saturated rings. The predicted octanol–water partition coefficient (Wildman–Crippen LogP) is 4.31. The second kappa shape index (κ2) is 8.20. The minimum Gasteiger partial charge on any atom is -0.493 e. The summed E-state index contributed by atoms with van der Waals surface area (Å²) in [6.45, 7) is 0. The first-order valence-corrected chi connectivity index (χ1v) is 10.4.